The Morgan fingerprint density at radius 2 is 2.07 bits per heavy atom. The SMILES string of the molecule is COC1C(=O)O/C(=C\COP(=O)(O)COCCn2cnc3c(N)ncnc32)C1OC. The molecule has 0 aliphatic carbocycles. The van der Waals surface area contributed by atoms with E-state index in [0.717, 1.165) is 0 Å². The third-order valence-electron chi connectivity index (χ3n) is 4.24. The topological polar surface area (TPSA) is 170 Å². The van der Waals surface area contributed by atoms with Crippen molar-refractivity contribution in [1.82, 2.24) is 19.5 Å². The van der Waals surface area contributed by atoms with Crippen LogP contribution in [0.5, 0.6) is 0 Å². The Morgan fingerprint density at radius 3 is 2.80 bits per heavy atom. The molecule has 3 rings (SSSR count). The fraction of sp³-hybridized carbons (Fsp3) is 0.500. The standard InChI is InChI=1S/C16H22N5O8P/c1-25-12-10(29-16(22)13(12)26-2)3-5-28-30(23,24)9-27-6-4-21-8-20-11-14(17)18-7-19-15(11)21/h3,7-8,12-13H,4-6,9H2,1-2H3,(H,23,24)(H2,17,18,19)/b10-3-. The Bertz CT molecular complexity index is 980. The van der Waals surface area contributed by atoms with Crippen LogP contribution in [0, 0.1) is 0 Å². The predicted molar refractivity (Wildman–Crippen MR) is 102 cm³/mol. The molecule has 1 aliphatic rings. The molecule has 1 fully saturated rings. The predicted octanol–water partition coefficient (Wildman–Crippen LogP) is 0.0553. The van der Waals surface area contributed by atoms with Crippen LogP contribution in [-0.4, -0.2) is 76.4 Å². The number of fused-ring (bicyclic) bond motifs is 1. The van der Waals surface area contributed by atoms with Crippen LogP contribution in [0.1, 0.15) is 0 Å². The first-order valence-corrected chi connectivity index (χ1v) is 10.6. The molecule has 3 N–H and O–H groups in total. The summed E-state index contributed by atoms with van der Waals surface area (Å²) in [6.07, 6.45) is 2.03. The van der Waals surface area contributed by atoms with Crippen molar-refractivity contribution in [3.63, 3.8) is 0 Å². The molecule has 13 nitrogen and oxygen atoms in total. The monoisotopic (exact) mass is 443 g/mol. The third-order valence-corrected chi connectivity index (χ3v) is 5.30. The highest BCUT2D eigenvalue weighted by Gasteiger charge is 2.42. The lowest BCUT2D eigenvalue weighted by atomic mass is 10.2. The molecule has 2 aromatic heterocycles. The Morgan fingerprint density at radius 1 is 1.30 bits per heavy atom. The number of aromatic nitrogens is 4. The Balaban J connectivity index is 1.46. The smallest absolute Gasteiger partial charge is 0.353 e. The van der Waals surface area contributed by atoms with E-state index in [4.69, 9.17) is 29.2 Å². The van der Waals surface area contributed by atoms with Gasteiger partial charge in [-0.1, -0.05) is 0 Å². The van der Waals surface area contributed by atoms with Gasteiger partial charge in [0.15, 0.2) is 23.7 Å². The van der Waals surface area contributed by atoms with Gasteiger partial charge < -0.3 is 38.7 Å². The average molecular weight is 443 g/mol. The summed E-state index contributed by atoms with van der Waals surface area (Å²) in [5, 5.41) is 0. The molecular formula is C16H22N5O8P. The average Bonchev–Trinajstić information content (AvgIpc) is 3.26. The van der Waals surface area contributed by atoms with E-state index < -0.39 is 32.1 Å². The molecular weight excluding hydrogens is 421 g/mol. The third kappa shape index (κ3) is 5.01. The van der Waals surface area contributed by atoms with Crippen molar-refractivity contribution in [2.75, 3.05) is 39.5 Å². The fourth-order valence-electron chi connectivity index (χ4n) is 2.80. The van der Waals surface area contributed by atoms with Crippen LogP contribution in [0.15, 0.2) is 24.5 Å². The summed E-state index contributed by atoms with van der Waals surface area (Å²) >= 11 is 0. The highest BCUT2D eigenvalue weighted by Crippen LogP contribution is 2.41. The number of ether oxygens (including phenoxy) is 4. The molecule has 3 heterocycles. The number of nitrogens with two attached hydrogens (primary N) is 1. The lowest BCUT2D eigenvalue weighted by molar-refractivity contribution is -0.145. The fourth-order valence-corrected chi connectivity index (χ4v) is 3.54. The molecule has 14 heteroatoms. The zero-order valence-corrected chi connectivity index (χ0v) is 17.2. The first-order valence-electron chi connectivity index (χ1n) is 8.79. The van der Waals surface area contributed by atoms with Crippen LogP contribution in [0.4, 0.5) is 5.82 Å². The molecule has 1 aliphatic heterocycles. The van der Waals surface area contributed by atoms with E-state index in [1.54, 1.807) is 4.57 Å². The van der Waals surface area contributed by atoms with Gasteiger partial charge in [-0.2, -0.15) is 0 Å². The van der Waals surface area contributed by atoms with Gasteiger partial charge in [0.05, 0.1) is 19.5 Å². The molecule has 1 saturated heterocycles. The van der Waals surface area contributed by atoms with Gasteiger partial charge in [-0.3, -0.25) is 4.57 Å². The van der Waals surface area contributed by atoms with E-state index in [1.807, 2.05) is 0 Å². The van der Waals surface area contributed by atoms with E-state index in [0.29, 0.717) is 17.7 Å². The van der Waals surface area contributed by atoms with E-state index in [9.17, 15) is 14.3 Å². The van der Waals surface area contributed by atoms with Gasteiger partial charge in [0, 0.05) is 20.8 Å². The van der Waals surface area contributed by atoms with Crippen molar-refractivity contribution < 1.29 is 37.7 Å². The zero-order valence-electron chi connectivity index (χ0n) is 16.3. The lowest BCUT2D eigenvalue weighted by Crippen LogP contribution is -2.30. The molecule has 0 radical (unpaired) electrons. The largest absolute Gasteiger partial charge is 0.426 e. The van der Waals surface area contributed by atoms with Crippen molar-refractivity contribution in [2.45, 2.75) is 18.8 Å². The number of hydrogen-bond donors (Lipinski definition) is 2. The Hall–Kier alpha value is -2.41. The summed E-state index contributed by atoms with van der Waals surface area (Å²) in [7, 11) is -1.28. The summed E-state index contributed by atoms with van der Waals surface area (Å²) < 4.78 is 39.2. The van der Waals surface area contributed by atoms with Crippen LogP contribution in [-0.2, 0) is 39.4 Å². The summed E-state index contributed by atoms with van der Waals surface area (Å²) in [5.41, 5.74) is 6.73. The Labute approximate surface area is 171 Å². The van der Waals surface area contributed by atoms with Crippen molar-refractivity contribution in [2.24, 2.45) is 0 Å². The number of nitrogens with zero attached hydrogens (tertiary/aromatic N) is 4. The molecule has 0 saturated carbocycles. The number of esters is 1. The highest BCUT2D eigenvalue weighted by atomic mass is 31.2. The molecule has 0 aromatic carbocycles. The number of rotatable bonds is 10. The van der Waals surface area contributed by atoms with Crippen molar-refractivity contribution in [1.29, 1.82) is 0 Å². The van der Waals surface area contributed by atoms with Crippen LogP contribution in [0.2, 0.25) is 0 Å². The molecule has 0 amide bonds. The first kappa shape index (κ1) is 22.3. The number of carbonyl (C=O) groups excluding carboxylic acids is 1. The molecule has 0 bridgehead atoms. The minimum absolute atomic E-state index is 0.114. The number of anilines is 1. The molecule has 30 heavy (non-hydrogen) atoms. The highest BCUT2D eigenvalue weighted by molar-refractivity contribution is 7.52. The van der Waals surface area contributed by atoms with Crippen LogP contribution < -0.4 is 5.73 Å². The summed E-state index contributed by atoms with van der Waals surface area (Å²) in [6.45, 7) is 0.169. The number of hydrogen-bond acceptors (Lipinski definition) is 11. The van der Waals surface area contributed by atoms with Gasteiger partial charge >= 0.3 is 13.6 Å². The van der Waals surface area contributed by atoms with Gasteiger partial charge in [-0.25, -0.2) is 19.7 Å². The second-order valence-corrected chi connectivity index (χ2v) is 7.97. The maximum atomic E-state index is 12.1. The molecule has 0 spiro atoms. The summed E-state index contributed by atoms with van der Waals surface area (Å²) in [5.74, 6) is -0.184. The van der Waals surface area contributed by atoms with Gasteiger partial charge in [0.1, 0.15) is 24.0 Å². The number of imidazole rings is 1. The van der Waals surface area contributed by atoms with Gasteiger partial charge in [0.2, 0.25) is 0 Å². The second-order valence-electron chi connectivity index (χ2n) is 6.18. The van der Waals surface area contributed by atoms with Gasteiger partial charge in [-0.05, 0) is 6.08 Å². The quantitative estimate of drug-likeness (QED) is 0.288. The van der Waals surface area contributed by atoms with Gasteiger partial charge in [-0.15, -0.1) is 0 Å². The maximum absolute atomic E-state index is 12.1. The van der Waals surface area contributed by atoms with E-state index in [-0.39, 0.29) is 24.8 Å². The van der Waals surface area contributed by atoms with Crippen molar-refractivity contribution >= 4 is 30.5 Å². The lowest BCUT2D eigenvalue weighted by Gasteiger charge is -2.13. The number of nitrogen functional groups attached to an aromatic ring is 1. The minimum atomic E-state index is -4.03. The first-order chi connectivity index (χ1) is 14.4. The summed E-state index contributed by atoms with van der Waals surface area (Å²) in [6, 6.07) is 0. The van der Waals surface area contributed by atoms with Crippen LogP contribution >= 0.6 is 7.60 Å². The van der Waals surface area contributed by atoms with Crippen molar-refractivity contribution in [3.05, 3.63) is 24.5 Å². The van der Waals surface area contributed by atoms with E-state index in [2.05, 4.69) is 15.0 Å². The molecule has 3 atom stereocenters. The maximum Gasteiger partial charge on any atom is 0.353 e. The van der Waals surface area contributed by atoms with E-state index >= 15 is 0 Å². The Kier molecular flexibility index (Phi) is 7.13. The summed E-state index contributed by atoms with van der Waals surface area (Å²) in [4.78, 5) is 33.6. The minimum Gasteiger partial charge on any atom is -0.426 e. The van der Waals surface area contributed by atoms with Gasteiger partial charge in [0.25, 0.3) is 0 Å². The van der Waals surface area contributed by atoms with Crippen LogP contribution in [0.3, 0.4) is 0 Å². The normalized spacial score (nSPS) is 22.5. The molecule has 2 aromatic rings. The number of methoxy groups -OCH3 is 2. The number of cyclic esters (lactones) is 1. The molecule has 3 unspecified atom stereocenters. The molecule has 164 valence electrons. The van der Waals surface area contributed by atoms with E-state index in [1.165, 1.54) is 33.0 Å². The zero-order chi connectivity index (χ0) is 21.7. The van der Waals surface area contributed by atoms with Crippen molar-refractivity contribution in [3.8, 4) is 0 Å². The second kappa shape index (κ2) is 9.60. The number of carbonyl (C=O) groups is 1. The van der Waals surface area contributed by atoms with Crippen LogP contribution in [0.25, 0.3) is 11.2 Å².